The van der Waals surface area contributed by atoms with Gasteiger partial charge in [-0.05, 0) is 52.7 Å². The SMILES string of the molecule is NCCc1ccc(-c2nc(-c3cc(Br)cs3)no2)cc1. The van der Waals surface area contributed by atoms with Crippen molar-refractivity contribution in [3.8, 4) is 22.2 Å². The molecule has 0 fully saturated rings. The lowest BCUT2D eigenvalue weighted by Gasteiger charge is -1.98. The van der Waals surface area contributed by atoms with E-state index in [4.69, 9.17) is 10.3 Å². The Morgan fingerprint density at radius 1 is 1.25 bits per heavy atom. The average Bonchev–Trinajstić information content (AvgIpc) is 3.09. The molecular formula is C14H12BrN3OS. The smallest absolute Gasteiger partial charge is 0.258 e. The molecule has 0 amide bonds. The number of benzene rings is 1. The summed E-state index contributed by atoms with van der Waals surface area (Å²) in [6, 6.07) is 10.0. The Bertz CT molecular complexity index is 705. The molecular weight excluding hydrogens is 338 g/mol. The number of nitrogens with zero attached hydrogens (tertiary/aromatic N) is 2. The van der Waals surface area contributed by atoms with E-state index in [1.165, 1.54) is 5.56 Å². The second-order valence-corrected chi connectivity index (χ2v) is 6.11. The molecule has 0 aliphatic heterocycles. The predicted octanol–water partition coefficient (Wildman–Crippen LogP) is 3.73. The van der Waals surface area contributed by atoms with Crippen LogP contribution in [0.3, 0.4) is 0 Å². The third kappa shape index (κ3) is 2.82. The zero-order valence-electron chi connectivity index (χ0n) is 10.5. The Morgan fingerprint density at radius 3 is 2.70 bits per heavy atom. The molecule has 0 spiro atoms. The summed E-state index contributed by atoms with van der Waals surface area (Å²) in [6.07, 6.45) is 0.874. The number of aromatic nitrogens is 2. The molecule has 2 heterocycles. The van der Waals surface area contributed by atoms with Gasteiger partial charge in [0.1, 0.15) is 0 Å². The highest BCUT2D eigenvalue weighted by Gasteiger charge is 2.12. The molecule has 2 N–H and O–H groups in total. The molecule has 0 atom stereocenters. The van der Waals surface area contributed by atoms with Crippen molar-refractivity contribution in [2.75, 3.05) is 6.54 Å². The number of rotatable bonds is 4. The van der Waals surface area contributed by atoms with Crippen LogP contribution in [0.5, 0.6) is 0 Å². The fraction of sp³-hybridized carbons (Fsp3) is 0.143. The van der Waals surface area contributed by atoms with Gasteiger partial charge in [0.2, 0.25) is 5.82 Å². The molecule has 20 heavy (non-hydrogen) atoms. The number of halogens is 1. The van der Waals surface area contributed by atoms with Crippen molar-refractivity contribution in [1.29, 1.82) is 0 Å². The van der Waals surface area contributed by atoms with Gasteiger partial charge in [0.25, 0.3) is 5.89 Å². The highest BCUT2D eigenvalue weighted by molar-refractivity contribution is 9.10. The van der Waals surface area contributed by atoms with Crippen molar-refractivity contribution in [1.82, 2.24) is 10.1 Å². The number of thiophene rings is 1. The maximum absolute atomic E-state index is 5.54. The van der Waals surface area contributed by atoms with E-state index in [1.54, 1.807) is 11.3 Å². The zero-order valence-corrected chi connectivity index (χ0v) is 12.9. The molecule has 3 aromatic rings. The third-order valence-electron chi connectivity index (χ3n) is 2.85. The van der Waals surface area contributed by atoms with E-state index in [1.807, 2.05) is 35.7 Å². The van der Waals surface area contributed by atoms with Crippen LogP contribution >= 0.6 is 27.3 Å². The number of nitrogens with two attached hydrogens (primary N) is 1. The normalized spacial score (nSPS) is 10.9. The first-order valence-corrected chi connectivity index (χ1v) is 7.81. The maximum Gasteiger partial charge on any atom is 0.258 e. The summed E-state index contributed by atoms with van der Waals surface area (Å²) in [5.74, 6) is 1.14. The lowest BCUT2D eigenvalue weighted by Crippen LogP contribution is -2.02. The van der Waals surface area contributed by atoms with Gasteiger partial charge in [0.05, 0.1) is 4.88 Å². The summed E-state index contributed by atoms with van der Waals surface area (Å²) >= 11 is 4.99. The molecule has 1 aromatic carbocycles. The number of hydrogen-bond donors (Lipinski definition) is 1. The van der Waals surface area contributed by atoms with Crippen LogP contribution in [0.15, 0.2) is 44.7 Å². The van der Waals surface area contributed by atoms with Crippen molar-refractivity contribution >= 4 is 27.3 Å². The fourth-order valence-corrected chi connectivity index (χ4v) is 3.20. The van der Waals surface area contributed by atoms with E-state index in [9.17, 15) is 0 Å². The summed E-state index contributed by atoms with van der Waals surface area (Å²) in [5.41, 5.74) is 7.66. The van der Waals surface area contributed by atoms with Crippen LogP contribution in [-0.4, -0.2) is 16.7 Å². The van der Waals surface area contributed by atoms with Gasteiger partial charge in [-0.1, -0.05) is 17.3 Å². The Labute approximate surface area is 128 Å². The summed E-state index contributed by atoms with van der Waals surface area (Å²) in [4.78, 5) is 5.41. The molecule has 3 rings (SSSR count). The first kappa shape index (κ1) is 13.5. The number of hydrogen-bond acceptors (Lipinski definition) is 5. The van der Waals surface area contributed by atoms with E-state index >= 15 is 0 Å². The maximum atomic E-state index is 5.54. The molecule has 4 nitrogen and oxygen atoms in total. The van der Waals surface area contributed by atoms with Crippen molar-refractivity contribution in [3.63, 3.8) is 0 Å². The van der Waals surface area contributed by atoms with E-state index in [-0.39, 0.29) is 0 Å². The first-order valence-electron chi connectivity index (χ1n) is 6.14. The van der Waals surface area contributed by atoms with E-state index in [0.29, 0.717) is 18.3 Å². The third-order valence-corrected chi connectivity index (χ3v) is 4.53. The second-order valence-electron chi connectivity index (χ2n) is 4.29. The molecule has 0 saturated carbocycles. The van der Waals surface area contributed by atoms with Crippen LogP contribution in [0.25, 0.3) is 22.2 Å². The summed E-state index contributed by atoms with van der Waals surface area (Å²) in [7, 11) is 0. The molecule has 6 heteroatoms. The van der Waals surface area contributed by atoms with Gasteiger partial charge in [-0.25, -0.2) is 0 Å². The molecule has 0 saturated heterocycles. The molecule has 102 valence electrons. The van der Waals surface area contributed by atoms with Gasteiger partial charge in [-0.2, -0.15) is 4.98 Å². The van der Waals surface area contributed by atoms with Crippen molar-refractivity contribution < 1.29 is 4.52 Å². The van der Waals surface area contributed by atoms with E-state index < -0.39 is 0 Å². The Morgan fingerprint density at radius 2 is 2.05 bits per heavy atom. The van der Waals surface area contributed by atoms with Crippen molar-refractivity contribution in [3.05, 3.63) is 45.7 Å². The minimum Gasteiger partial charge on any atom is -0.334 e. The Balaban J connectivity index is 1.86. The molecule has 0 aliphatic rings. The van der Waals surface area contributed by atoms with Gasteiger partial charge < -0.3 is 10.3 Å². The fourth-order valence-electron chi connectivity index (χ4n) is 1.85. The van der Waals surface area contributed by atoms with Crippen LogP contribution in [0, 0.1) is 0 Å². The molecule has 0 bridgehead atoms. The summed E-state index contributed by atoms with van der Waals surface area (Å²) in [6.45, 7) is 0.650. The molecule has 2 aromatic heterocycles. The largest absolute Gasteiger partial charge is 0.334 e. The van der Waals surface area contributed by atoms with Crippen molar-refractivity contribution in [2.45, 2.75) is 6.42 Å². The van der Waals surface area contributed by atoms with Crippen LogP contribution in [0.2, 0.25) is 0 Å². The topological polar surface area (TPSA) is 64.9 Å². The van der Waals surface area contributed by atoms with E-state index in [0.717, 1.165) is 21.3 Å². The van der Waals surface area contributed by atoms with Crippen LogP contribution < -0.4 is 5.73 Å². The standard InChI is InChI=1S/C14H12BrN3OS/c15-11-7-12(20-8-11)13-17-14(19-18-13)10-3-1-9(2-4-10)5-6-16/h1-4,7-8H,5-6,16H2. The highest BCUT2D eigenvalue weighted by Crippen LogP contribution is 2.29. The Kier molecular flexibility index (Phi) is 3.95. The quantitative estimate of drug-likeness (QED) is 0.779. The van der Waals surface area contributed by atoms with Crippen LogP contribution in [-0.2, 0) is 6.42 Å². The lowest BCUT2D eigenvalue weighted by atomic mass is 10.1. The van der Waals surface area contributed by atoms with Gasteiger partial charge in [0.15, 0.2) is 0 Å². The van der Waals surface area contributed by atoms with Crippen molar-refractivity contribution in [2.24, 2.45) is 5.73 Å². The minimum atomic E-state index is 0.531. The van der Waals surface area contributed by atoms with Crippen LogP contribution in [0.1, 0.15) is 5.56 Å². The first-order chi connectivity index (χ1) is 9.76. The Hall–Kier alpha value is -1.50. The zero-order chi connectivity index (χ0) is 13.9. The lowest BCUT2D eigenvalue weighted by molar-refractivity contribution is 0.432. The van der Waals surface area contributed by atoms with Gasteiger partial charge >= 0.3 is 0 Å². The monoisotopic (exact) mass is 349 g/mol. The van der Waals surface area contributed by atoms with Crippen LogP contribution in [0.4, 0.5) is 0 Å². The highest BCUT2D eigenvalue weighted by atomic mass is 79.9. The average molecular weight is 350 g/mol. The molecule has 0 aliphatic carbocycles. The van der Waals surface area contributed by atoms with Gasteiger partial charge in [-0.15, -0.1) is 11.3 Å². The molecule has 0 unspecified atom stereocenters. The van der Waals surface area contributed by atoms with Gasteiger partial charge in [-0.3, -0.25) is 0 Å². The predicted molar refractivity (Wildman–Crippen MR) is 83.5 cm³/mol. The summed E-state index contributed by atoms with van der Waals surface area (Å²) in [5, 5.41) is 6.01. The van der Waals surface area contributed by atoms with Gasteiger partial charge in [0, 0.05) is 15.4 Å². The summed E-state index contributed by atoms with van der Waals surface area (Å²) < 4.78 is 6.34. The second kappa shape index (κ2) is 5.87. The van der Waals surface area contributed by atoms with E-state index in [2.05, 4.69) is 26.1 Å². The minimum absolute atomic E-state index is 0.531. The molecule has 0 radical (unpaired) electrons.